The zero-order valence-electron chi connectivity index (χ0n) is 11.8. The van der Waals surface area contributed by atoms with Gasteiger partial charge >= 0.3 is 0 Å². The van der Waals surface area contributed by atoms with Crippen molar-refractivity contribution in [3.8, 4) is 5.75 Å². The number of aryl methyl sites for hydroxylation is 1. The summed E-state index contributed by atoms with van der Waals surface area (Å²) in [6.45, 7) is 7.63. The molecule has 0 aromatic heterocycles. The molecule has 2 unspecified atom stereocenters. The summed E-state index contributed by atoms with van der Waals surface area (Å²) < 4.78 is 6.16. The van der Waals surface area contributed by atoms with Crippen molar-refractivity contribution in [2.75, 3.05) is 6.54 Å². The Bertz CT molecular complexity index is 389. The molecule has 1 aromatic carbocycles. The average Bonchev–Trinajstić information content (AvgIpc) is 2.80. The molecule has 0 amide bonds. The highest BCUT2D eigenvalue weighted by Crippen LogP contribution is 2.28. The second kappa shape index (κ2) is 6.24. The summed E-state index contributed by atoms with van der Waals surface area (Å²) in [5.74, 6) is 1.07. The molecule has 0 saturated heterocycles. The fourth-order valence-corrected chi connectivity index (χ4v) is 2.61. The smallest absolute Gasteiger partial charge is 0.122 e. The Morgan fingerprint density at radius 3 is 2.89 bits per heavy atom. The van der Waals surface area contributed by atoms with Gasteiger partial charge in [0.15, 0.2) is 0 Å². The van der Waals surface area contributed by atoms with Crippen molar-refractivity contribution >= 4 is 0 Å². The number of rotatable bonds is 5. The van der Waals surface area contributed by atoms with Gasteiger partial charge in [0.05, 0.1) is 0 Å². The molecule has 1 aliphatic carbocycles. The van der Waals surface area contributed by atoms with Gasteiger partial charge in [-0.25, -0.2) is 0 Å². The van der Waals surface area contributed by atoms with E-state index < -0.39 is 0 Å². The van der Waals surface area contributed by atoms with Crippen LogP contribution in [-0.4, -0.2) is 18.7 Å². The summed E-state index contributed by atoms with van der Waals surface area (Å²) in [7, 11) is 0. The van der Waals surface area contributed by atoms with E-state index in [2.05, 4.69) is 44.3 Å². The molecule has 0 radical (unpaired) electrons. The lowest BCUT2D eigenvalue weighted by atomic mass is 10.1. The molecule has 1 fully saturated rings. The number of hydrogen-bond acceptors (Lipinski definition) is 2. The van der Waals surface area contributed by atoms with E-state index in [0.717, 1.165) is 18.7 Å². The van der Waals surface area contributed by atoms with E-state index in [9.17, 15) is 0 Å². The zero-order chi connectivity index (χ0) is 13.0. The number of ether oxygens (including phenoxy) is 1. The van der Waals surface area contributed by atoms with Crippen molar-refractivity contribution < 1.29 is 4.74 Å². The number of hydrogen-bond donors (Lipinski definition) is 1. The van der Waals surface area contributed by atoms with E-state index in [1.54, 1.807) is 0 Å². The Morgan fingerprint density at radius 2 is 2.11 bits per heavy atom. The maximum Gasteiger partial charge on any atom is 0.122 e. The molecule has 0 bridgehead atoms. The van der Waals surface area contributed by atoms with Crippen molar-refractivity contribution in [2.24, 2.45) is 0 Å². The Balaban J connectivity index is 1.89. The second-order valence-corrected chi connectivity index (χ2v) is 5.40. The quantitative estimate of drug-likeness (QED) is 0.858. The average molecular weight is 247 g/mol. The van der Waals surface area contributed by atoms with Crippen molar-refractivity contribution in [1.29, 1.82) is 0 Å². The number of nitrogens with one attached hydrogen (secondary N) is 1. The first-order chi connectivity index (χ1) is 8.70. The summed E-state index contributed by atoms with van der Waals surface area (Å²) in [6, 6.07) is 6.97. The highest BCUT2D eigenvalue weighted by molar-refractivity contribution is 5.38. The Hall–Kier alpha value is -1.02. The first kappa shape index (κ1) is 13.4. The van der Waals surface area contributed by atoms with E-state index in [-0.39, 0.29) is 0 Å². The van der Waals surface area contributed by atoms with Crippen LogP contribution in [0.15, 0.2) is 18.2 Å². The van der Waals surface area contributed by atoms with Crippen LogP contribution >= 0.6 is 0 Å². The van der Waals surface area contributed by atoms with Gasteiger partial charge in [-0.15, -0.1) is 0 Å². The number of benzene rings is 1. The molecule has 0 heterocycles. The maximum absolute atomic E-state index is 6.16. The van der Waals surface area contributed by atoms with Gasteiger partial charge in [-0.05, 0) is 63.3 Å². The summed E-state index contributed by atoms with van der Waals surface area (Å²) in [5.41, 5.74) is 2.59. The molecule has 1 aromatic rings. The molecule has 1 aliphatic rings. The van der Waals surface area contributed by atoms with Crippen LogP contribution in [0.25, 0.3) is 0 Å². The van der Waals surface area contributed by atoms with Crippen LogP contribution in [0.3, 0.4) is 0 Å². The monoisotopic (exact) mass is 247 g/mol. The van der Waals surface area contributed by atoms with Gasteiger partial charge in [0.1, 0.15) is 11.9 Å². The SMILES string of the molecule is CCCNC1CCC(Oc2cccc(C)c2C)C1. The van der Waals surface area contributed by atoms with Crippen molar-refractivity contribution in [1.82, 2.24) is 5.32 Å². The summed E-state index contributed by atoms with van der Waals surface area (Å²) in [6.07, 6.45) is 5.16. The van der Waals surface area contributed by atoms with Crippen LogP contribution in [0.4, 0.5) is 0 Å². The molecule has 1 saturated carbocycles. The molecule has 0 spiro atoms. The minimum Gasteiger partial charge on any atom is -0.490 e. The van der Waals surface area contributed by atoms with E-state index in [0.29, 0.717) is 12.1 Å². The Kier molecular flexibility index (Phi) is 4.65. The fraction of sp³-hybridized carbons (Fsp3) is 0.625. The van der Waals surface area contributed by atoms with Crippen LogP contribution in [-0.2, 0) is 0 Å². The van der Waals surface area contributed by atoms with Crippen LogP contribution in [0.1, 0.15) is 43.7 Å². The molecular formula is C16H25NO. The minimum atomic E-state index is 0.389. The maximum atomic E-state index is 6.16. The first-order valence-corrected chi connectivity index (χ1v) is 7.17. The topological polar surface area (TPSA) is 21.3 Å². The van der Waals surface area contributed by atoms with Gasteiger partial charge < -0.3 is 10.1 Å². The highest BCUT2D eigenvalue weighted by atomic mass is 16.5. The molecule has 18 heavy (non-hydrogen) atoms. The first-order valence-electron chi connectivity index (χ1n) is 7.17. The standard InChI is InChI=1S/C16H25NO/c1-4-10-17-14-8-9-15(11-14)18-16-7-5-6-12(2)13(16)3/h5-7,14-15,17H,4,8-11H2,1-3H3. The normalized spacial score (nSPS) is 23.3. The predicted octanol–water partition coefficient (Wildman–Crippen LogP) is 3.60. The molecular weight excluding hydrogens is 222 g/mol. The van der Waals surface area contributed by atoms with E-state index >= 15 is 0 Å². The molecule has 2 nitrogen and oxygen atoms in total. The Morgan fingerprint density at radius 1 is 1.28 bits per heavy atom. The lowest BCUT2D eigenvalue weighted by molar-refractivity contribution is 0.204. The van der Waals surface area contributed by atoms with Gasteiger partial charge in [0.25, 0.3) is 0 Å². The third kappa shape index (κ3) is 3.26. The summed E-state index contributed by atoms with van der Waals surface area (Å²) in [4.78, 5) is 0. The van der Waals surface area contributed by atoms with Gasteiger partial charge in [-0.1, -0.05) is 19.1 Å². The second-order valence-electron chi connectivity index (χ2n) is 5.40. The van der Waals surface area contributed by atoms with E-state index in [1.807, 2.05) is 0 Å². The largest absolute Gasteiger partial charge is 0.490 e. The lowest BCUT2D eigenvalue weighted by Gasteiger charge is -2.17. The van der Waals surface area contributed by atoms with E-state index in [1.165, 1.54) is 30.4 Å². The lowest BCUT2D eigenvalue weighted by Crippen LogP contribution is -2.28. The molecule has 2 rings (SSSR count). The van der Waals surface area contributed by atoms with Crippen molar-refractivity contribution in [3.63, 3.8) is 0 Å². The highest BCUT2D eigenvalue weighted by Gasteiger charge is 2.25. The van der Waals surface area contributed by atoms with Crippen molar-refractivity contribution in [3.05, 3.63) is 29.3 Å². The minimum absolute atomic E-state index is 0.389. The van der Waals surface area contributed by atoms with Gasteiger partial charge in [0.2, 0.25) is 0 Å². The third-order valence-electron chi connectivity index (χ3n) is 3.92. The molecule has 0 aliphatic heterocycles. The predicted molar refractivity (Wildman–Crippen MR) is 76.3 cm³/mol. The van der Waals surface area contributed by atoms with Crippen LogP contribution < -0.4 is 10.1 Å². The van der Waals surface area contributed by atoms with Gasteiger partial charge in [-0.3, -0.25) is 0 Å². The van der Waals surface area contributed by atoms with Crippen LogP contribution in [0.2, 0.25) is 0 Å². The molecule has 2 heteroatoms. The fourth-order valence-electron chi connectivity index (χ4n) is 2.61. The van der Waals surface area contributed by atoms with Crippen LogP contribution in [0, 0.1) is 13.8 Å². The van der Waals surface area contributed by atoms with Gasteiger partial charge in [-0.2, -0.15) is 0 Å². The van der Waals surface area contributed by atoms with Crippen LogP contribution in [0.5, 0.6) is 5.75 Å². The van der Waals surface area contributed by atoms with Crippen molar-refractivity contribution in [2.45, 2.75) is 58.6 Å². The van der Waals surface area contributed by atoms with E-state index in [4.69, 9.17) is 4.74 Å². The summed E-state index contributed by atoms with van der Waals surface area (Å²) >= 11 is 0. The van der Waals surface area contributed by atoms with Gasteiger partial charge in [0, 0.05) is 6.04 Å². The Labute approximate surface area is 111 Å². The molecule has 1 N–H and O–H groups in total. The molecule has 2 atom stereocenters. The molecule has 100 valence electrons. The third-order valence-corrected chi connectivity index (χ3v) is 3.92. The summed E-state index contributed by atoms with van der Waals surface area (Å²) in [5, 5.41) is 3.59. The zero-order valence-corrected chi connectivity index (χ0v) is 11.8.